The van der Waals surface area contributed by atoms with Gasteiger partial charge in [-0.1, -0.05) is 28.1 Å². The lowest BCUT2D eigenvalue weighted by molar-refractivity contribution is -0.145. The molecule has 1 amide bonds. The van der Waals surface area contributed by atoms with Crippen LogP contribution in [0.2, 0.25) is 0 Å². The Bertz CT molecular complexity index is 707. The summed E-state index contributed by atoms with van der Waals surface area (Å²) in [7, 11) is 1.27. The van der Waals surface area contributed by atoms with Crippen LogP contribution in [-0.2, 0) is 14.3 Å². The van der Waals surface area contributed by atoms with Crippen LogP contribution in [0, 0.1) is 5.82 Å². The van der Waals surface area contributed by atoms with E-state index in [2.05, 4.69) is 21.2 Å². The third-order valence-electron chi connectivity index (χ3n) is 3.13. The van der Waals surface area contributed by atoms with Crippen LogP contribution < -0.4 is 5.32 Å². The Labute approximate surface area is 151 Å². The normalized spacial score (nSPS) is 11.6. The summed E-state index contributed by atoms with van der Waals surface area (Å²) >= 11 is 4.58. The molecule has 0 fully saturated rings. The molecule has 0 saturated carbocycles. The van der Waals surface area contributed by atoms with E-state index >= 15 is 0 Å². The molecule has 126 valence electrons. The van der Waals surface area contributed by atoms with Gasteiger partial charge in [0, 0.05) is 9.37 Å². The molecule has 1 atom stereocenters. The average molecular weight is 412 g/mol. The van der Waals surface area contributed by atoms with Crippen LogP contribution in [0.1, 0.15) is 11.6 Å². The van der Waals surface area contributed by atoms with E-state index in [1.165, 1.54) is 31.0 Å². The second-order valence-corrected chi connectivity index (χ2v) is 6.78. The Morgan fingerprint density at radius 1 is 1.17 bits per heavy atom. The van der Waals surface area contributed by atoms with Gasteiger partial charge in [-0.05, 0) is 42.0 Å². The van der Waals surface area contributed by atoms with E-state index in [4.69, 9.17) is 4.74 Å². The number of esters is 1. The minimum atomic E-state index is -0.871. The predicted octanol–water partition coefficient (Wildman–Crippen LogP) is 3.71. The number of amides is 1. The van der Waals surface area contributed by atoms with Gasteiger partial charge in [0.05, 0.1) is 12.9 Å². The molecule has 2 aromatic carbocycles. The maximum atomic E-state index is 12.9. The van der Waals surface area contributed by atoms with Crippen molar-refractivity contribution in [3.8, 4) is 0 Å². The number of ether oxygens (including phenoxy) is 1. The molecule has 0 saturated heterocycles. The lowest BCUT2D eigenvalue weighted by Crippen LogP contribution is -2.35. The first-order valence-electron chi connectivity index (χ1n) is 7.00. The zero-order valence-corrected chi connectivity index (χ0v) is 15.2. The second kappa shape index (κ2) is 8.84. The third-order valence-corrected chi connectivity index (χ3v) is 4.67. The molecule has 0 bridgehead atoms. The van der Waals surface area contributed by atoms with E-state index in [0.717, 1.165) is 9.37 Å². The average Bonchev–Trinajstić information content (AvgIpc) is 2.59. The van der Waals surface area contributed by atoms with Gasteiger partial charge in [0.25, 0.3) is 0 Å². The number of hydrogen-bond donors (Lipinski definition) is 1. The molecule has 0 aliphatic rings. The summed E-state index contributed by atoms with van der Waals surface area (Å²) < 4.78 is 18.5. The standard InChI is InChI=1S/C17H15BrFNO3S/c1-23-17(22)16(11-2-4-12(18)5-3-11)20-15(21)10-24-14-8-6-13(19)7-9-14/h2-9,16H,10H2,1H3,(H,20,21). The van der Waals surface area contributed by atoms with Gasteiger partial charge >= 0.3 is 5.97 Å². The van der Waals surface area contributed by atoms with Crippen molar-refractivity contribution in [1.82, 2.24) is 5.32 Å². The van der Waals surface area contributed by atoms with Gasteiger partial charge in [0.2, 0.25) is 5.91 Å². The van der Waals surface area contributed by atoms with Crippen LogP contribution in [0.3, 0.4) is 0 Å². The molecule has 0 aromatic heterocycles. The van der Waals surface area contributed by atoms with Crippen LogP contribution in [0.5, 0.6) is 0 Å². The third kappa shape index (κ3) is 5.35. The lowest BCUT2D eigenvalue weighted by atomic mass is 10.1. The quantitative estimate of drug-likeness (QED) is 0.581. The summed E-state index contributed by atoms with van der Waals surface area (Å²) in [5.41, 5.74) is 0.630. The highest BCUT2D eigenvalue weighted by atomic mass is 79.9. The van der Waals surface area contributed by atoms with E-state index in [0.29, 0.717) is 5.56 Å². The molecule has 0 radical (unpaired) electrons. The first kappa shape index (κ1) is 18.5. The van der Waals surface area contributed by atoms with Crippen LogP contribution in [0.4, 0.5) is 4.39 Å². The number of halogens is 2. The van der Waals surface area contributed by atoms with Crippen molar-refractivity contribution in [3.05, 3.63) is 64.4 Å². The van der Waals surface area contributed by atoms with Gasteiger partial charge in [0.15, 0.2) is 6.04 Å². The van der Waals surface area contributed by atoms with E-state index in [9.17, 15) is 14.0 Å². The maximum Gasteiger partial charge on any atom is 0.333 e. The Hall–Kier alpha value is -1.86. The topological polar surface area (TPSA) is 55.4 Å². The molecule has 4 nitrogen and oxygen atoms in total. The van der Waals surface area contributed by atoms with E-state index in [1.807, 2.05) is 0 Å². The number of thioether (sulfide) groups is 1. The maximum absolute atomic E-state index is 12.9. The summed E-state index contributed by atoms with van der Waals surface area (Å²) in [6, 6.07) is 12.0. The zero-order valence-electron chi connectivity index (χ0n) is 12.8. The van der Waals surface area contributed by atoms with Crippen LogP contribution >= 0.6 is 27.7 Å². The van der Waals surface area contributed by atoms with Crippen molar-refractivity contribution in [2.75, 3.05) is 12.9 Å². The molecule has 0 aliphatic carbocycles. The fraction of sp³-hybridized carbons (Fsp3) is 0.176. The molecule has 2 rings (SSSR count). The summed E-state index contributed by atoms with van der Waals surface area (Å²) in [5, 5.41) is 2.66. The van der Waals surface area contributed by atoms with Crippen LogP contribution in [0.25, 0.3) is 0 Å². The Morgan fingerprint density at radius 3 is 2.38 bits per heavy atom. The van der Waals surface area contributed by atoms with E-state index < -0.39 is 12.0 Å². The molecule has 0 spiro atoms. The van der Waals surface area contributed by atoms with Crippen molar-refractivity contribution in [3.63, 3.8) is 0 Å². The lowest BCUT2D eigenvalue weighted by Gasteiger charge is -2.17. The SMILES string of the molecule is COC(=O)C(NC(=O)CSc1ccc(F)cc1)c1ccc(Br)cc1. The van der Waals surface area contributed by atoms with E-state index in [1.54, 1.807) is 36.4 Å². The number of carbonyl (C=O) groups excluding carboxylic acids is 2. The minimum Gasteiger partial charge on any atom is -0.467 e. The number of methoxy groups -OCH3 is 1. The molecule has 24 heavy (non-hydrogen) atoms. The zero-order chi connectivity index (χ0) is 17.5. The number of nitrogens with one attached hydrogen (secondary N) is 1. The van der Waals surface area contributed by atoms with Crippen molar-refractivity contribution in [1.29, 1.82) is 0 Å². The monoisotopic (exact) mass is 411 g/mol. The van der Waals surface area contributed by atoms with Crippen molar-refractivity contribution in [2.45, 2.75) is 10.9 Å². The van der Waals surface area contributed by atoms with E-state index in [-0.39, 0.29) is 17.5 Å². The number of hydrogen-bond acceptors (Lipinski definition) is 4. The Balaban J connectivity index is 2.00. The Morgan fingerprint density at radius 2 is 1.79 bits per heavy atom. The highest BCUT2D eigenvalue weighted by Gasteiger charge is 2.23. The molecule has 1 unspecified atom stereocenters. The van der Waals surface area contributed by atoms with Crippen molar-refractivity contribution < 1.29 is 18.7 Å². The largest absolute Gasteiger partial charge is 0.467 e. The summed E-state index contributed by atoms with van der Waals surface area (Å²) in [6.45, 7) is 0. The summed E-state index contributed by atoms with van der Waals surface area (Å²) in [4.78, 5) is 24.8. The van der Waals surface area contributed by atoms with Gasteiger partial charge in [0.1, 0.15) is 5.82 Å². The predicted molar refractivity (Wildman–Crippen MR) is 94.2 cm³/mol. The smallest absolute Gasteiger partial charge is 0.333 e. The molecule has 1 N–H and O–H groups in total. The van der Waals surface area contributed by atoms with Crippen LogP contribution in [-0.4, -0.2) is 24.7 Å². The molecular formula is C17H15BrFNO3S. The van der Waals surface area contributed by atoms with Gasteiger partial charge < -0.3 is 10.1 Å². The molecular weight excluding hydrogens is 397 g/mol. The summed E-state index contributed by atoms with van der Waals surface area (Å²) in [6.07, 6.45) is 0. The number of carbonyl (C=O) groups is 2. The molecule has 0 aliphatic heterocycles. The Kier molecular flexibility index (Phi) is 6.81. The first-order valence-corrected chi connectivity index (χ1v) is 8.78. The molecule has 2 aromatic rings. The van der Waals surface area contributed by atoms with Crippen molar-refractivity contribution in [2.24, 2.45) is 0 Å². The highest BCUT2D eigenvalue weighted by Crippen LogP contribution is 2.20. The molecule has 0 heterocycles. The molecule has 7 heteroatoms. The number of benzene rings is 2. The van der Waals surface area contributed by atoms with Gasteiger partial charge in [-0.15, -0.1) is 11.8 Å². The van der Waals surface area contributed by atoms with Gasteiger partial charge in [-0.2, -0.15) is 0 Å². The van der Waals surface area contributed by atoms with Crippen LogP contribution in [0.15, 0.2) is 57.9 Å². The fourth-order valence-electron chi connectivity index (χ4n) is 1.93. The minimum absolute atomic E-state index is 0.107. The second-order valence-electron chi connectivity index (χ2n) is 4.82. The highest BCUT2D eigenvalue weighted by molar-refractivity contribution is 9.10. The number of rotatable bonds is 6. The van der Waals surface area contributed by atoms with Crippen molar-refractivity contribution >= 4 is 39.6 Å². The first-order chi connectivity index (χ1) is 11.5. The fourth-order valence-corrected chi connectivity index (χ4v) is 2.91. The van der Waals surface area contributed by atoms with Gasteiger partial charge in [-0.3, -0.25) is 4.79 Å². The summed E-state index contributed by atoms with van der Waals surface area (Å²) in [5.74, 6) is -1.08. The van der Waals surface area contributed by atoms with Gasteiger partial charge in [-0.25, -0.2) is 9.18 Å².